The van der Waals surface area contributed by atoms with Crippen LogP contribution in [0.3, 0.4) is 0 Å². The molecule has 0 aliphatic carbocycles. The SMILES string of the molecule is CC1C[C@@H](C)C(=O)[C@H](C)[C@@H](O)[C@@H](C)C(Cc2ccccc2)OC(=O)[C@H](C)[C@@H](O)[C@H](C)[C@H]1O. The summed E-state index contributed by atoms with van der Waals surface area (Å²) in [5.41, 5.74) is 0.948. The molecule has 1 aliphatic heterocycles. The highest BCUT2D eigenvalue weighted by atomic mass is 16.5. The molecule has 180 valence electrons. The molecule has 3 N–H and O–H groups in total. The molecule has 0 aromatic heterocycles. The molecule has 0 amide bonds. The average molecular weight is 449 g/mol. The lowest BCUT2D eigenvalue weighted by atomic mass is 9.77. The average Bonchev–Trinajstić information content (AvgIpc) is 2.79. The Morgan fingerprint density at radius 3 is 1.97 bits per heavy atom. The van der Waals surface area contributed by atoms with E-state index in [0.29, 0.717) is 12.8 Å². The maximum atomic E-state index is 13.1. The molecule has 10 atom stereocenters. The first kappa shape index (κ1) is 26.5. The van der Waals surface area contributed by atoms with E-state index < -0.39 is 54.1 Å². The van der Waals surface area contributed by atoms with Crippen LogP contribution in [-0.2, 0) is 20.7 Å². The van der Waals surface area contributed by atoms with Crippen molar-refractivity contribution in [1.82, 2.24) is 0 Å². The van der Waals surface area contributed by atoms with Crippen molar-refractivity contribution in [2.45, 2.75) is 78.8 Å². The molecule has 0 saturated carbocycles. The number of aliphatic hydroxyl groups is 3. The zero-order valence-electron chi connectivity index (χ0n) is 20.1. The Hall–Kier alpha value is -1.76. The van der Waals surface area contributed by atoms with Gasteiger partial charge in [0.05, 0.1) is 24.2 Å². The van der Waals surface area contributed by atoms with Crippen molar-refractivity contribution in [3.8, 4) is 0 Å². The number of hydrogen-bond acceptors (Lipinski definition) is 6. The number of aliphatic hydroxyl groups excluding tert-OH is 3. The minimum atomic E-state index is -1.09. The fourth-order valence-electron chi connectivity index (χ4n) is 4.86. The minimum Gasteiger partial charge on any atom is -0.461 e. The molecule has 0 bridgehead atoms. The summed E-state index contributed by atoms with van der Waals surface area (Å²) in [6.45, 7) is 10.5. The van der Waals surface area contributed by atoms with Gasteiger partial charge in [0.25, 0.3) is 0 Å². The molecule has 6 nitrogen and oxygen atoms in total. The predicted octanol–water partition coefficient (Wildman–Crippen LogP) is 3.01. The van der Waals surface area contributed by atoms with Gasteiger partial charge in [0.1, 0.15) is 11.9 Å². The highest BCUT2D eigenvalue weighted by Gasteiger charge is 2.40. The summed E-state index contributed by atoms with van der Waals surface area (Å²) in [7, 11) is 0. The maximum absolute atomic E-state index is 13.1. The zero-order chi connectivity index (χ0) is 24.2. The molecule has 1 fully saturated rings. The fourth-order valence-corrected chi connectivity index (χ4v) is 4.86. The topological polar surface area (TPSA) is 104 Å². The predicted molar refractivity (Wildman–Crippen MR) is 123 cm³/mol. The van der Waals surface area contributed by atoms with Crippen LogP contribution in [0.5, 0.6) is 0 Å². The first-order valence-electron chi connectivity index (χ1n) is 11.8. The summed E-state index contributed by atoms with van der Waals surface area (Å²) in [5, 5.41) is 32.6. The van der Waals surface area contributed by atoms with Crippen molar-refractivity contribution >= 4 is 11.8 Å². The number of ketones is 1. The lowest BCUT2D eigenvalue weighted by Crippen LogP contribution is -2.46. The second kappa shape index (κ2) is 11.4. The maximum Gasteiger partial charge on any atom is 0.311 e. The Morgan fingerprint density at radius 1 is 0.812 bits per heavy atom. The third-order valence-corrected chi connectivity index (χ3v) is 7.39. The summed E-state index contributed by atoms with van der Waals surface area (Å²) in [5.74, 6) is -3.78. The Morgan fingerprint density at radius 2 is 1.38 bits per heavy atom. The Balaban J connectivity index is 2.40. The van der Waals surface area contributed by atoms with Gasteiger partial charge in [-0.2, -0.15) is 0 Å². The van der Waals surface area contributed by atoms with Crippen LogP contribution in [0.4, 0.5) is 0 Å². The van der Waals surface area contributed by atoms with Crippen LogP contribution < -0.4 is 0 Å². The van der Waals surface area contributed by atoms with E-state index in [-0.39, 0.29) is 17.6 Å². The third kappa shape index (κ3) is 6.18. The molecular weight excluding hydrogens is 408 g/mol. The van der Waals surface area contributed by atoms with Crippen LogP contribution in [0, 0.1) is 35.5 Å². The number of benzene rings is 1. The van der Waals surface area contributed by atoms with Crippen LogP contribution in [0.25, 0.3) is 0 Å². The van der Waals surface area contributed by atoms with Crippen molar-refractivity contribution in [2.24, 2.45) is 35.5 Å². The molecule has 6 heteroatoms. The number of cyclic esters (lactones) is 1. The molecule has 1 aromatic carbocycles. The highest BCUT2D eigenvalue weighted by molar-refractivity contribution is 5.83. The molecule has 0 spiro atoms. The van der Waals surface area contributed by atoms with Gasteiger partial charge in [0, 0.05) is 30.1 Å². The van der Waals surface area contributed by atoms with Crippen molar-refractivity contribution in [1.29, 1.82) is 0 Å². The second-order valence-corrected chi connectivity index (χ2v) is 9.95. The zero-order valence-corrected chi connectivity index (χ0v) is 20.1. The molecule has 1 saturated heterocycles. The van der Waals surface area contributed by atoms with E-state index in [1.54, 1.807) is 27.7 Å². The molecule has 2 unspecified atom stereocenters. The summed E-state index contributed by atoms with van der Waals surface area (Å²) in [6, 6.07) is 9.53. The number of carbonyl (C=O) groups is 2. The lowest BCUT2D eigenvalue weighted by molar-refractivity contribution is -0.166. The molecular formula is C26H40O6. The first-order valence-corrected chi connectivity index (χ1v) is 11.8. The van der Waals surface area contributed by atoms with Crippen LogP contribution in [-0.4, -0.2) is 51.5 Å². The minimum absolute atomic E-state index is 0.0770. The number of carbonyl (C=O) groups excluding carboxylic acids is 2. The summed E-state index contributed by atoms with van der Waals surface area (Å²) >= 11 is 0. The van der Waals surface area contributed by atoms with Gasteiger partial charge in [-0.3, -0.25) is 9.59 Å². The van der Waals surface area contributed by atoms with Crippen molar-refractivity contribution in [2.75, 3.05) is 0 Å². The third-order valence-electron chi connectivity index (χ3n) is 7.39. The summed E-state index contributed by atoms with van der Waals surface area (Å²) in [6.07, 6.45) is -2.80. The second-order valence-electron chi connectivity index (χ2n) is 9.95. The molecule has 0 radical (unpaired) electrons. The largest absolute Gasteiger partial charge is 0.461 e. The molecule has 2 rings (SSSR count). The monoisotopic (exact) mass is 448 g/mol. The lowest BCUT2D eigenvalue weighted by Gasteiger charge is -2.36. The summed E-state index contributed by atoms with van der Waals surface area (Å²) < 4.78 is 5.83. The standard InChI is InChI=1S/C26H40O6/c1-14-12-15(2)23(28)18(5)25(30)19(6)26(31)32-21(13-20-10-8-7-9-11-20)16(3)24(29)17(4)22(14)27/h7-11,14-19,21,23-25,28-30H,12-13H2,1-6H3/t14-,15?,16+,17+,18-,19-,21?,23+,24+,25+/m1/s1. The van der Waals surface area contributed by atoms with Crippen LogP contribution in [0.2, 0.25) is 0 Å². The molecule has 1 heterocycles. The van der Waals surface area contributed by atoms with Crippen LogP contribution in [0.15, 0.2) is 30.3 Å². The Kier molecular flexibility index (Phi) is 9.43. The van der Waals surface area contributed by atoms with Gasteiger partial charge in [-0.25, -0.2) is 0 Å². The van der Waals surface area contributed by atoms with E-state index in [1.807, 2.05) is 44.2 Å². The number of Topliss-reactive ketones (excluding diaryl/α,β-unsaturated/α-hetero) is 1. The molecule has 1 aliphatic rings. The van der Waals surface area contributed by atoms with Gasteiger partial charge < -0.3 is 20.1 Å². The molecule has 1 aromatic rings. The Bertz CT molecular complexity index is 750. The fraction of sp³-hybridized carbons (Fsp3) is 0.692. The molecule has 32 heavy (non-hydrogen) atoms. The number of rotatable bonds is 2. The van der Waals surface area contributed by atoms with Gasteiger partial charge >= 0.3 is 5.97 Å². The normalized spacial score (nSPS) is 40.4. The van der Waals surface area contributed by atoms with Crippen molar-refractivity contribution in [3.63, 3.8) is 0 Å². The van der Waals surface area contributed by atoms with E-state index in [4.69, 9.17) is 4.74 Å². The van der Waals surface area contributed by atoms with Gasteiger partial charge in [-0.15, -0.1) is 0 Å². The highest BCUT2D eigenvalue weighted by Crippen LogP contribution is 2.31. The van der Waals surface area contributed by atoms with Crippen LogP contribution in [0.1, 0.15) is 53.5 Å². The Labute approximate surface area is 192 Å². The van der Waals surface area contributed by atoms with Gasteiger partial charge in [-0.1, -0.05) is 65.0 Å². The van der Waals surface area contributed by atoms with Crippen molar-refractivity contribution in [3.05, 3.63) is 35.9 Å². The quantitative estimate of drug-likeness (QED) is 0.601. The van der Waals surface area contributed by atoms with Crippen molar-refractivity contribution < 1.29 is 29.6 Å². The van der Waals surface area contributed by atoms with Crippen LogP contribution >= 0.6 is 0 Å². The van der Waals surface area contributed by atoms with Gasteiger partial charge in [0.2, 0.25) is 0 Å². The number of esters is 1. The summed E-state index contributed by atoms with van der Waals surface area (Å²) in [4.78, 5) is 26.0. The van der Waals surface area contributed by atoms with E-state index >= 15 is 0 Å². The van der Waals surface area contributed by atoms with Gasteiger partial charge in [-0.05, 0) is 24.8 Å². The van der Waals surface area contributed by atoms with Gasteiger partial charge in [0.15, 0.2) is 0 Å². The van der Waals surface area contributed by atoms with E-state index in [0.717, 1.165) is 5.56 Å². The van der Waals surface area contributed by atoms with E-state index in [2.05, 4.69) is 0 Å². The smallest absolute Gasteiger partial charge is 0.311 e. The number of ether oxygens (including phenoxy) is 1. The van der Waals surface area contributed by atoms with E-state index in [9.17, 15) is 24.9 Å². The number of hydrogen-bond donors (Lipinski definition) is 3. The first-order chi connectivity index (χ1) is 15.0. The van der Waals surface area contributed by atoms with E-state index in [1.165, 1.54) is 0 Å².